The van der Waals surface area contributed by atoms with Gasteiger partial charge in [-0.3, -0.25) is 9.89 Å². The molecule has 1 heterocycles. The Kier molecular flexibility index (Phi) is 3.06. The Morgan fingerprint density at radius 1 is 1.65 bits per heavy atom. The fourth-order valence-corrected chi connectivity index (χ4v) is 2.18. The minimum atomic E-state index is -0.163. The van der Waals surface area contributed by atoms with Crippen LogP contribution in [-0.2, 0) is 0 Å². The van der Waals surface area contributed by atoms with E-state index in [2.05, 4.69) is 34.5 Å². The first-order valence-electron chi connectivity index (χ1n) is 5.80. The number of nitrogens with one attached hydrogen (secondary N) is 2. The molecule has 0 aromatic carbocycles. The molecular formula is C11H19N5O. The maximum Gasteiger partial charge on any atom is 0.256 e. The number of nitrogen functional groups attached to an aromatic ring is 1. The van der Waals surface area contributed by atoms with E-state index < -0.39 is 0 Å². The third kappa shape index (κ3) is 2.12. The molecule has 1 aromatic rings. The Hall–Kier alpha value is -1.56. The van der Waals surface area contributed by atoms with E-state index in [9.17, 15) is 4.79 Å². The number of carbonyl (C=O) groups is 1. The molecule has 0 bridgehead atoms. The van der Waals surface area contributed by atoms with Gasteiger partial charge in [0.05, 0.1) is 6.20 Å². The number of rotatable bonds is 4. The smallest absolute Gasteiger partial charge is 0.256 e. The largest absolute Gasteiger partial charge is 0.383 e. The summed E-state index contributed by atoms with van der Waals surface area (Å²) in [4.78, 5) is 14.1. The predicted molar refractivity (Wildman–Crippen MR) is 65.6 cm³/mol. The topological polar surface area (TPSA) is 87.0 Å². The van der Waals surface area contributed by atoms with Crippen molar-refractivity contribution in [3.05, 3.63) is 11.8 Å². The number of aromatic nitrogens is 2. The molecule has 94 valence electrons. The number of nitrogens with zero attached hydrogens (tertiary/aromatic N) is 2. The number of anilines is 1. The number of aromatic amines is 1. The second-order valence-corrected chi connectivity index (χ2v) is 4.85. The quantitative estimate of drug-likeness (QED) is 0.698. The van der Waals surface area contributed by atoms with Crippen LogP contribution in [0.5, 0.6) is 0 Å². The molecule has 6 heteroatoms. The number of likely N-dealkylation sites (N-methyl/N-ethyl adjacent to an activating group) is 1. The SMILES string of the molecule is CN(C)C1(CNC(=O)c2cn[nH]c2N)CCC1. The highest BCUT2D eigenvalue weighted by Gasteiger charge is 2.39. The van der Waals surface area contributed by atoms with E-state index in [-0.39, 0.29) is 11.4 Å². The van der Waals surface area contributed by atoms with Crippen LogP contribution in [0.25, 0.3) is 0 Å². The molecule has 0 spiro atoms. The van der Waals surface area contributed by atoms with Crippen molar-refractivity contribution >= 4 is 11.7 Å². The Labute approximate surface area is 101 Å². The zero-order valence-corrected chi connectivity index (χ0v) is 10.3. The summed E-state index contributed by atoms with van der Waals surface area (Å²) in [7, 11) is 4.11. The Morgan fingerprint density at radius 3 is 2.76 bits per heavy atom. The van der Waals surface area contributed by atoms with Crippen LogP contribution in [0.3, 0.4) is 0 Å². The summed E-state index contributed by atoms with van der Waals surface area (Å²) < 4.78 is 0. The minimum Gasteiger partial charge on any atom is -0.383 e. The molecule has 1 aliphatic rings. The summed E-state index contributed by atoms with van der Waals surface area (Å²) in [6, 6.07) is 0. The van der Waals surface area contributed by atoms with E-state index in [1.54, 1.807) is 0 Å². The summed E-state index contributed by atoms with van der Waals surface area (Å²) >= 11 is 0. The van der Waals surface area contributed by atoms with Crippen molar-refractivity contribution in [1.29, 1.82) is 0 Å². The summed E-state index contributed by atoms with van der Waals surface area (Å²) in [5.74, 6) is 0.152. The first-order chi connectivity index (χ1) is 8.05. The van der Waals surface area contributed by atoms with E-state index >= 15 is 0 Å². The van der Waals surface area contributed by atoms with Gasteiger partial charge in [-0.25, -0.2) is 0 Å². The fourth-order valence-electron chi connectivity index (χ4n) is 2.18. The van der Waals surface area contributed by atoms with Crippen LogP contribution in [-0.4, -0.2) is 47.2 Å². The molecule has 0 radical (unpaired) electrons. The van der Waals surface area contributed by atoms with Gasteiger partial charge in [-0.15, -0.1) is 0 Å². The average molecular weight is 237 g/mol. The Morgan fingerprint density at radius 2 is 2.35 bits per heavy atom. The summed E-state index contributed by atoms with van der Waals surface area (Å²) in [6.07, 6.45) is 4.93. The van der Waals surface area contributed by atoms with Crippen molar-refractivity contribution in [2.45, 2.75) is 24.8 Å². The van der Waals surface area contributed by atoms with Gasteiger partial charge in [0.2, 0.25) is 0 Å². The standard InChI is InChI=1S/C11H19N5O/c1-16(2)11(4-3-5-11)7-13-10(17)8-6-14-15-9(8)12/h6H,3-5,7H2,1-2H3,(H,13,17)(H3,12,14,15). The van der Waals surface area contributed by atoms with Gasteiger partial charge < -0.3 is 16.0 Å². The molecule has 1 aliphatic carbocycles. The van der Waals surface area contributed by atoms with Crippen molar-refractivity contribution < 1.29 is 4.79 Å². The molecule has 0 aliphatic heterocycles. The third-order valence-electron chi connectivity index (χ3n) is 3.72. The fraction of sp³-hybridized carbons (Fsp3) is 0.636. The minimum absolute atomic E-state index is 0.119. The lowest BCUT2D eigenvalue weighted by Gasteiger charge is -2.47. The van der Waals surface area contributed by atoms with Crippen molar-refractivity contribution in [1.82, 2.24) is 20.4 Å². The molecule has 1 saturated carbocycles. The lowest BCUT2D eigenvalue weighted by Crippen LogP contribution is -2.57. The van der Waals surface area contributed by atoms with Crippen LogP contribution in [0.4, 0.5) is 5.82 Å². The van der Waals surface area contributed by atoms with Gasteiger partial charge in [0.15, 0.2) is 0 Å². The van der Waals surface area contributed by atoms with Gasteiger partial charge in [-0.1, -0.05) is 0 Å². The van der Waals surface area contributed by atoms with Crippen molar-refractivity contribution in [2.24, 2.45) is 0 Å². The monoisotopic (exact) mass is 237 g/mol. The first kappa shape index (κ1) is 11.9. The number of carbonyl (C=O) groups excluding carboxylic acids is 1. The van der Waals surface area contributed by atoms with E-state index in [0.717, 1.165) is 12.8 Å². The van der Waals surface area contributed by atoms with Crippen molar-refractivity contribution in [2.75, 3.05) is 26.4 Å². The third-order valence-corrected chi connectivity index (χ3v) is 3.72. The lowest BCUT2D eigenvalue weighted by atomic mass is 9.75. The van der Waals surface area contributed by atoms with Crippen LogP contribution in [0.15, 0.2) is 6.20 Å². The summed E-state index contributed by atoms with van der Waals surface area (Å²) in [5, 5.41) is 9.22. The maximum atomic E-state index is 11.9. The zero-order valence-electron chi connectivity index (χ0n) is 10.3. The summed E-state index contributed by atoms with van der Waals surface area (Å²) in [5.41, 5.74) is 6.13. The second-order valence-electron chi connectivity index (χ2n) is 4.85. The highest BCUT2D eigenvalue weighted by atomic mass is 16.1. The van der Waals surface area contributed by atoms with Gasteiger partial charge in [0.25, 0.3) is 5.91 Å². The normalized spacial score (nSPS) is 17.8. The van der Waals surface area contributed by atoms with E-state index in [1.807, 2.05) is 0 Å². The van der Waals surface area contributed by atoms with Crippen LogP contribution in [0.1, 0.15) is 29.6 Å². The number of amides is 1. The Bertz CT molecular complexity index is 408. The average Bonchev–Trinajstić information content (AvgIpc) is 2.62. The number of nitrogens with two attached hydrogens (primary N) is 1. The molecule has 1 fully saturated rings. The molecule has 0 saturated heterocycles. The lowest BCUT2D eigenvalue weighted by molar-refractivity contribution is 0.0558. The van der Waals surface area contributed by atoms with E-state index in [0.29, 0.717) is 17.9 Å². The highest BCUT2D eigenvalue weighted by Crippen LogP contribution is 2.35. The van der Waals surface area contributed by atoms with E-state index in [1.165, 1.54) is 12.6 Å². The predicted octanol–water partition coefficient (Wildman–Crippen LogP) is 0.206. The molecule has 0 atom stereocenters. The van der Waals surface area contributed by atoms with Crippen molar-refractivity contribution in [3.63, 3.8) is 0 Å². The number of hydrogen-bond donors (Lipinski definition) is 3. The first-order valence-corrected chi connectivity index (χ1v) is 5.80. The Balaban J connectivity index is 1.94. The van der Waals surface area contributed by atoms with Gasteiger partial charge >= 0.3 is 0 Å². The molecule has 6 nitrogen and oxygen atoms in total. The van der Waals surface area contributed by atoms with Gasteiger partial charge in [-0.05, 0) is 33.4 Å². The zero-order chi connectivity index (χ0) is 12.5. The molecule has 0 unspecified atom stereocenters. The highest BCUT2D eigenvalue weighted by molar-refractivity contribution is 5.98. The van der Waals surface area contributed by atoms with Crippen LogP contribution in [0.2, 0.25) is 0 Å². The maximum absolute atomic E-state index is 11.9. The van der Waals surface area contributed by atoms with Gasteiger partial charge in [0, 0.05) is 12.1 Å². The van der Waals surface area contributed by atoms with Crippen LogP contribution < -0.4 is 11.1 Å². The number of hydrogen-bond acceptors (Lipinski definition) is 4. The molecule has 1 amide bonds. The summed E-state index contributed by atoms with van der Waals surface area (Å²) in [6.45, 7) is 0.656. The van der Waals surface area contributed by atoms with Gasteiger partial charge in [0.1, 0.15) is 11.4 Å². The molecule has 4 N–H and O–H groups in total. The number of H-pyrrole nitrogens is 1. The van der Waals surface area contributed by atoms with Crippen LogP contribution in [0, 0.1) is 0 Å². The molecule has 17 heavy (non-hydrogen) atoms. The molecular weight excluding hydrogens is 218 g/mol. The second kappa shape index (κ2) is 4.37. The van der Waals surface area contributed by atoms with E-state index in [4.69, 9.17) is 5.73 Å². The van der Waals surface area contributed by atoms with Crippen LogP contribution >= 0.6 is 0 Å². The molecule has 2 rings (SSSR count). The van der Waals surface area contributed by atoms with Crippen molar-refractivity contribution in [3.8, 4) is 0 Å². The van der Waals surface area contributed by atoms with Gasteiger partial charge in [-0.2, -0.15) is 5.10 Å². The molecule has 1 aromatic heterocycles.